The van der Waals surface area contributed by atoms with E-state index in [0.29, 0.717) is 6.42 Å². The van der Waals surface area contributed by atoms with Crippen molar-refractivity contribution < 1.29 is 9.59 Å². The van der Waals surface area contributed by atoms with Crippen LogP contribution in [0, 0.1) is 11.5 Å². The van der Waals surface area contributed by atoms with Gasteiger partial charge in [-0.25, -0.2) is 4.90 Å². The smallest absolute Gasteiger partial charge is 0.258 e. The summed E-state index contributed by atoms with van der Waals surface area (Å²) in [5, 5.41) is 13.8. The fraction of sp³-hybridized carbons (Fsp3) is 0.211. The molecule has 0 spiro atoms. The average Bonchev–Trinajstić information content (AvgIpc) is 2.61. The van der Waals surface area contributed by atoms with E-state index in [0.717, 1.165) is 27.3 Å². The Labute approximate surface area is 141 Å². The van der Waals surface area contributed by atoms with Gasteiger partial charge in [0.25, 0.3) is 5.91 Å². The van der Waals surface area contributed by atoms with Gasteiger partial charge in [0.05, 0.1) is 0 Å². The van der Waals surface area contributed by atoms with E-state index in [-0.39, 0.29) is 6.54 Å². The molecule has 1 unspecified atom stereocenters. The lowest BCUT2D eigenvalue weighted by Crippen LogP contribution is -2.47. The number of likely N-dealkylation sites (N-methyl/N-ethyl adjacent to an activating group) is 1. The minimum Gasteiger partial charge on any atom is -0.340 e. The van der Waals surface area contributed by atoms with Gasteiger partial charge in [-0.2, -0.15) is 5.26 Å². The van der Waals surface area contributed by atoms with Gasteiger partial charge in [-0.05, 0) is 29.3 Å². The second-order valence-corrected chi connectivity index (χ2v) is 5.33. The van der Waals surface area contributed by atoms with Crippen LogP contribution in [0.1, 0.15) is 12.5 Å². The Morgan fingerprint density at radius 3 is 2.62 bits per heavy atom. The van der Waals surface area contributed by atoms with E-state index < -0.39 is 17.9 Å². The molecule has 24 heavy (non-hydrogen) atoms. The Hall–Kier alpha value is -3.13. The summed E-state index contributed by atoms with van der Waals surface area (Å²) < 4.78 is 0. The van der Waals surface area contributed by atoms with Crippen LogP contribution in [0.25, 0.3) is 10.8 Å². The second-order valence-electron chi connectivity index (χ2n) is 5.33. The van der Waals surface area contributed by atoms with Crippen LogP contribution in [-0.2, 0) is 16.0 Å². The third-order valence-corrected chi connectivity index (χ3v) is 3.76. The summed E-state index contributed by atoms with van der Waals surface area (Å²) in [6, 6.07) is 13.0. The molecule has 0 saturated heterocycles. The fourth-order valence-corrected chi connectivity index (χ4v) is 2.50. The van der Waals surface area contributed by atoms with Crippen molar-refractivity contribution in [3.63, 3.8) is 0 Å². The van der Waals surface area contributed by atoms with Crippen molar-refractivity contribution in [1.29, 1.82) is 5.26 Å². The zero-order chi connectivity index (χ0) is 17.5. The summed E-state index contributed by atoms with van der Waals surface area (Å²) in [5.41, 5.74) is 0.908. The van der Waals surface area contributed by atoms with Gasteiger partial charge in [0.2, 0.25) is 5.91 Å². The first-order chi connectivity index (χ1) is 11.6. The van der Waals surface area contributed by atoms with Gasteiger partial charge in [-0.15, -0.1) is 0 Å². The van der Waals surface area contributed by atoms with E-state index in [1.165, 1.54) is 0 Å². The van der Waals surface area contributed by atoms with Crippen molar-refractivity contribution in [3.05, 3.63) is 60.7 Å². The molecule has 0 fully saturated rings. The van der Waals surface area contributed by atoms with Gasteiger partial charge in [0, 0.05) is 13.0 Å². The van der Waals surface area contributed by atoms with E-state index in [1.54, 1.807) is 6.92 Å². The van der Waals surface area contributed by atoms with E-state index in [9.17, 15) is 9.59 Å². The maximum atomic E-state index is 12.5. The lowest BCUT2D eigenvalue weighted by atomic mass is 10.0. The molecular weight excluding hydrogens is 302 g/mol. The van der Waals surface area contributed by atoms with Gasteiger partial charge >= 0.3 is 0 Å². The fourth-order valence-electron chi connectivity index (χ4n) is 2.50. The van der Waals surface area contributed by atoms with Gasteiger partial charge in [-0.3, -0.25) is 9.59 Å². The maximum absolute atomic E-state index is 12.5. The molecule has 0 heterocycles. The van der Waals surface area contributed by atoms with E-state index >= 15 is 0 Å². The Balaban J connectivity index is 2.28. The molecular formula is C19H19N3O2. The van der Waals surface area contributed by atoms with Crippen LogP contribution >= 0.6 is 0 Å². The Morgan fingerprint density at radius 1 is 1.29 bits per heavy atom. The molecule has 2 aromatic rings. The predicted octanol–water partition coefficient (Wildman–Crippen LogP) is 2.38. The summed E-state index contributed by atoms with van der Waals surface area (Å²) in [6.07, 6.45) is 3.27. The number of carbonyl (C=O) groups excluding carboxylic acids is 2. The van der Waals surface area contributed by atoms with Crippen molar-refractivity contribution in [1.82, 2.24) is 10.2 Å². The number of hydrogen-bond acceptors (Lipinski definition) is 3. The molecule has 2 rings (SSSR count). The van der Waals surface area contributed by atoms with E-state index in [4.69, 9.17) is 5.26 Å². The number of benzene rings is 2. The number of rotatable bonds is 6. The quantitative estimate of drug-likeness (QED) is 0.504. The number of nitrogens with zero attached hydrogens (tertiary/aromatic N) is 2. The van der Waals surface area contributed by atoms with Crippen molar-refractivity contribution in [2.75, 3.05) is 6.54 Å². The van der Waals surface area contributed by atoms with Crippen LogP contribution in [0.15, 0.2) is 55.1 Å². The monoisotopic (exact) mass is 321 g/mol. The molecule has 0 aliphatic heterocycles. The molecule has 0 saturated carbocycles. The van der Waals surface area contributed by atoms with Crippen LogP contribution in [-0.4, -0.2) is 29.3 Å². The minimum atomic E-state index is -0.809. The van der Waals surface area contributed by atoms with Crippen LogP contribution in [0.4, 0.5) is 0 Å². The topological polar surface area (TPSA) is 73.2 Å². The van der Waals surface area contributed by atoms with Crippen LogP contribution < -0.4 is 5.32 Å². The summed E-state index contributed by atoms with van der Waals surface area (Å²) in [4.78, 5) is 25.2. The van der Waals surface area contributed by atoms with Crippen molar-refractivity contribution >= 4 is 22.6 Å². The lowest BCUT2D eigenvalue weighted by molar-refractivity contribution is -0.132. The second kappa shape index (κ2) is 7.93. The van der Waals surface area contributed by atoms with Gasteiger partial charge < -0.3 is 5.32 Å². The van der Waals surface area contributed by atoms with E-state index in [2.05, 4.69) is 11.9 Å². The lowest BCUT2D eigenvalue weighted by Gasteiger charge is -2.21. The molecule has 2 amide bonds. The third-order valence-electron chi connectivity index (χ3n) is 3.76. The Kier molecular flexibility index (Phi) is 5.69. The molecule has 1 N–H and O–H groups in total. The van der Waals surface area contributed by atoms with Crippen molar-refractivity contribution in [3.8, 4) is 6.19 Å². The number of carbonyl (C=O) groups is 2. The standard InChI is InChI=1S/C19H19N3O2/c1-3-18(23)21-17(19(24)22(4-2)13-20)12-14-9-10-15-7-5-6-8-16(15)11-14/h3,5-11,17H,1,4,12H2,2H3,(H,21,23). The number of nitrogens with one attached hydrogen (secondary N) is 1. The third kappa shape index (κ3) is 3.99. The first-order valence-corrected chi connectivity index (χ1v) is 7.70. The number of amides is 2. The van der Waals surface area contributed by atoms with E-state index in [1.807, 2.05) is 48.7 Å². The van der Waals surface area contributed by atoms with Crippen molar-refractivity contribution in [2.24, 2.45) is 0 Å². The molecule has 5 heteroatoms. The molecule has 0 aliphatic rings. The van der Waals surface area contributed by atoms with Gasteiger partial charge in [0.15, 0.2) is 6.19 Å². The summed E-state index contributed by atoms with van der Waals surface area (Å²) in [6.45, 7) is 5.37. The predicted molar refractivity (Wildman–Crippen MR) is 92.8 cm³/mol. The van der Waals surface area contributed by atoms with Crippen LogP contribution in [0.2, 0.25) is 0 Å². The first-order valence-electron chi connectivity index (χ1n) is 7.70. The molecule has 0 radical (unpaired) electrons. The summed E-state index contributed by atoms with van der Waals surface area (Å²) in [5.74, 6) is -0.869. The zero-order valence-corrected chi connectivity index (χ0v) is 13.5. The summed E-state index contributed by atoms with van der Waals surface area (Å²) >= 11 is 0. The molecule has 5 nitrogen and oxygen atoms in total. The van der Waals surface area contributed by atoms with Crippen LogP contribution in [0.5, 0.6) is 0 Å². The van der Waals surface area contributed by atoms with Crippen molar-refractivity contribution in [2.45, 2.75) is 19.4 Å². The Bertz CT molecular complexity index is 808. The molecule has 0 aliphatic carbocycles. The normalized spacial score (nSPS) is 11.3. The van der Waals surface area contributed by atoms with Gasteiger partial charge in [0.1, 0.15) is 6.04 Å². The number of fused-ring (bicyclic) bond motifs is 1. The highest BCUT2D eigenvalue weighted by Crippen LogP contribution is 2.17. The largest absolute Gasteiger partial charge is 0.340 e. The average molecular weight is 321 g/mol. The van der Waals surface area contributed by atoms with Crippen LogP contribution in [0.3, 0.4) is 0 Å². The molecule has 1 atom stereocenters. The maximum Gasteiger partial charge on any atom is 0.258 e. The summed E-state index contributed by atoms with van der Waals surface area (Å²) in [7, 11) is 0. The number of hydrogen-bond donors (Lipinski definition) is 1. The first kappa shape index (κ1) is 17.2. The molecule has 2 aromatic carbocycles. The highest BCUT2D eigenvalue weighted by atomic mass is 16.2. The molecule has 0 bridgehead atoms. The minimum absolute atomic E-state index is 0.257. The van der Waals surface area contributed by atoms with Gasteiger partial charge in [-0.1, -0.05) is 49.0 Å². The number of nitriles is 1. The molecule has 122 valence electrons. The highest BCUT2D eigenvalue weighted by molar-refractivity contribution is 5.93. The zero-order valence-electron chi connectivity index (χ0n) is 13.5. The molecule has 0 aromatic heterocycles. The highest BCUT2D eigenvalue weighted by Gasteiger charge is 2.25. The SMILES string of the molecule is C=CC(=O)NC(Cc1ccc2ccccc2c1)C(=O)N(C#N)CC. The Morgan fingerprint density at radius 2 is 2.00 bits per heavy atom.